The first kappa shape index (κ1) is 20.0. The first-order valence-corrected chi connectivity index (χ1v) is 9.34. The van der Waals surface area contributed by atoms with Crippen LogP contribution in [0.2, 0.25) is 0 Å². The summed E-state index contributed by atoms with van der Waals surface area (Å²) in [7, 11) is 0. The molecular weight excluding hydrogens is 322 g/mol. The van der Waals surface area contributed by atoms with Crippen LogP contribution in [0.3, 0.4) is 0 Å². The van der Waals surface area contributed by atoms with Gasteiger partial charge in [0.05, 0.1) is 6.04 Å². The smallest absolute Gasteiger partial charge is 0.261 e. The molecule has 1 N–H and O–H groups in total. The molecule has 0 aliphatic heterocycles. The second-order valence-corrected chi connectivity index (χ2v) is 7.36. The number of benzene rings is 2. The van der Waals surface area contributed by atoms with Gasteiger partial charge in [-0.05, 0) is 93.5 Å². The monoisotopic (exact) mass is 353 g/mol. The van der Waals surface area contributed by atoms with E-state index in [2.05, 4.69) is 44.3 Å². The average molecular weight is 354 g/mol. The highest BCUT2D eigenvalue weighted by molar-refractivity contribution is 5.81. The van der Waals surface area contributed by atoms with Crippen LogP contribution in [0.1, 0.15) is 59.7 Å². The van der Waals surface area contributed by atoms with Gasteiger partial charge in [-0.3, -0.25) is 4.79 Å². The van der Waals surface area contributed by atoms with Gasteiger partial charge in [0.15, 0.2) is 6.10 Å². The fourth-order valence-electron chi connectivity index (χ4n) is 3.32. The fourth-order valence-corrected chi connectivity index (χ4v) is 3.32. The summed E-state index contributed by atoms with van der Waals surface area (Å²) in [5.74, 6) is 0.677. The molecule has 2 aromatic rings. The highest BCUT2D eigenvalue weighted by atomic mass is 16.5. The second-order valence-electron chi connectivity index (χ2n) is 7.36. The molecule has 0 heterocycles. The Labute approximate surface area is 157 Å². The van der Waals surface area contributed by atoms with Crippen molar-refractivity contribution in [2.24, 2.45) is 0 Å². The number of ether oxygens (including phenoxy) is 1. The molecule has 0 bridgehead atoms. The van der Waals surface area contributed by atoms with Crippen LogP contribution >= 0.6 is 0 Å². The molecule has 1 amide bonds. The van der Waals surface area contributed by atoms with Crippen LogP contribution in [0, 0.1) is 34.6 Å². The van der Waals surface area contributed by atoms with E-state index in [9.17, 15) is 4.79 Å². The van der Waals surface area contributed by atoms with Crippen molar-refractivity contribution in [1.82, 2.24) is 5.32 Å². The van der Waals surface area contributed by atoms with Gasteiger partial charge in [-0.15, -0.1) is 0 Å². The number of carbonyl (C=O) groups excluding carboxylic acids is 1. The van der Waals surface area contributed by atoms with Crippen LogP contribution < -0.4 is 10.1 Å². The van der Waals surface area contributed by atoms with E-state index >= 15 is 0 Å². The van der Waals surface area contributed by atoms with E-state index in [1.165, 1.54) is 16.7 Å². The predicted octanol–water partition coefficient (Wildman–Crippen LogP) is 5.26. The Morgan fingerprint density at radius 1 is 0.923 bits per heavy atom. The topological polar surface area (TPSA) is 38.3 Å². The third-order valence-electron chi connectivity index (χ3n) is 4.84. The highest BCUT2D eigenvalue weighted by Gasteiger charge is 2.21. The van der Waals surface area contributed by atoms with Gasteiger partial charge in [-0.25, -0.2) is 0 Å². The van der Waals surface area contributed by atoms with Crippen LogP contribution in [0.25, 0.3) is 0 Å². The van der Waals surface area contributed by atoms with Crippen molar-refractivity contribution in [3.8, 4) is 5.75 Å². The van der Waals surface area contributed by atoms with E-state index in [0.717, 1.165) is 22.4 Å². The molecule has 3 nitrogen and oxygen atoms in total. The van der Waals surface area contributed by atoms with Crippen molar-refractivity contribution in [3.05, 3.63) is 63.7 Å². The summed E-state index contributed by atoms with van der Waals surface area (Å²) in [6.07, 6.45) is 0.128. The Morgan fingerprint density at radius 3 is 2.08 bits per heavy atom. The molecule has 2 aromatic carbocycles. The van der Waals surface area contributed by atoms with Crippen molar-refractivity contribution < 1.29 is 9.53 Å². The molecule has 0 saturated heterocycles. The lowest BCUT2D eigenvalue weighted by Gasteiger charge is -2.23. The first-order valence-electron chi connectivity index (χ1n) is 9.34. The van der Waals surface area contributed by atoms with Crippen molar-refractivity contribution in [2.75, 3.05) is 0 Å². The Kier molecular flexibility index (Phi) is 6.47. The summed E-state index contributed by atoms with van der Waals surface area (Å²) < 4.78 is 5.98. The normalized spacial score (nSPS) is 13.2. The lowest BCUT2D eigenvalue weighted by Crippen LogP contribution is -2.39. The third kappa shape index (κ3) is 4.87. The number of hydrogen-bond acceptors (Lipinski definition) is 2. The molecule has 3 heteroatoms. The van der Waals surface area contributed by atoms with Crippen LogP contribution in [0.4, 0.5) is 0 Å². The number of amides is 1. The predicted molar refractivity (Wildman–Crippen MR) is 108 cm³/mol. The number of rotatable bonds is 6. The molecular formula is C23H31NO2. The summed E-state index contributed by atoms with van der Waals surface area (Å²) in [6, 6.07) is 10.3. The van der Waals surface area contributed by atoms with Crippen molar-refractivity contribution >= 4 is 5.91 Å². The lowest BCUT2D eigenvalue weighted by atomic mass is 9.96. The second kappa shape index (κ2) is 8.39. The summed E-state index contributed by atoms with van der Waals surface area (Å²) in [6.45, 7) is 14.4. The van der Waals surface area contributed by atoms with Gasteiger partial charge in [0, 0.05) is 0 Å². The molecule has 0 radical (unpaired) electrons. The summed E-state index contributed by atoms with van der Waals surface area (Å²) in [5.41, 5.74) is 7.13. The largest absolute Gasteiger partial charge is 0.481 e. The average Bonchev–Trinajstić information content (AvgIpc) is 2.54. The molecule has 0 saturated carbocycles. The summed E-state index contributed by atoms with van der Waals surface area (Å²) >= 11 is 0. The zero-order valence-electron chi connectivity index (χ0n) is 17.1. The van der Waals surface area contributed by atoms with Gasteiger partial charge in [0.25, 0.3) is 5.91 Å². The minimum atomic E-state index is -0.495. The highest BCUT2D eigenvalue weighted by Crippen LogP contribution is 2.23. The van der Waals surface area contributed by atoms with Crippen LogP contribution in [0.5, 0.6) is 5.75 Å². The van der Waals surface area contributed by atoms with Crippen molar-refractivity contribution in [1.29, 1.82) is 0 Å². The number of carbonyl (C=O) groups is 1. The van der Waals surface area contributed by atoms with Gasteiger partial charge in [-0.1, -0.05) is 25.1 Å². The van der Waals surface area contributed by atoms with Gasteiger partial charge >= 0.3 is 0 Å². The van der Waals surface area contributed by atoms with E-state index in [0.29, 0.717) is 6.42 Å². The Morgan fingerprint density at radius 2 is 1.50 bits per heavy atom. The van der Waals surface area contributed by atoms with Crippen LogP contribution in [-0.4, -0.2) is 12.0 Å². The quantitative estimate of drug-likeness (QED) is 0.769. The van der Waals surface area contributed by atoms with Gasteiger partial charge in [0.2, 0.25) is 0 Å². The molecule has 0 aliphatic rings. The minimum absolute atomic E-state index is 0.0568. The lowest BCUT2D eigenvalue weighted by molar-refractivity contribution is -0.128. The molecule has 0 spiro atoms. The number of hydrogen-bond donors (Lipinski definition) is 1. The maximum Gasteiger partial charge on any atom is 0.261 e. The van der Waals surface area contributed by atoms with Gasteiger partial charge in [-0.2, -0.15) is 0 Å². The molecule has 0 fully saturated rings. The zero-order chi connectivity index (χ0) is 19.4. The van der Waals surface area contributed by atoms with Gasteiger partial charge in [0.1, 0.15) is 5.75 Å². The SMILES string of the molecule is CC[C@H](Oc1cc(C)cc(C)c1)C(=O)N[C@@H](C)c1cc(C)c(C)cc1C. The maximum absolute atomic E-state index is 12.8. The Balaban J connectivity index is 2.12. The summed E-state index contributed by atoms with van der Waals surface area (Å²) in [4.78, 5) is 12.8. The minimum Gasteiger partial charge on any atom is -0.481 e. The number of nitrogens with one attached hydrogen (secondary N) is 1. The van der Waals surface area contributed by atoms with E-state index in [-0.39, 0.29) is 11.9 Å². The standard InChI is InChI=1S/C23H31NO2/c1-8-22(26-20-10-14(2)9-15(3)11-20)23(25)24-19(7)21-13-17(5)16(4)12-18(21)6/h9-13,19,22H,8H2,1-7H3,(H,24,25)/t19-,22-/m0/s1. The van der Waals surface area contributed by atoms with E-state index in [4.69, 9.17) is 4.74 Å². The third-order valence-corrected chi connectivity index (χ3v) is 4.84. The first-order chi connectivity index (χ1) is 12.2. The Bertz CT molecular complexity index is 775. The molecule has 0 aromatic heterocycles. The fraction of sp³-hybridized carbons (Fsp3) is 0.435. The van der Waals surface area contributed by atoms with Gasteiger partial charge < -0.3 is 10.1 Å². The Hall–Kier alpha value is -2.29. The molecule has 0 aliphatic carbocycles. The van der Waals surface area contributed by atoms with Crippen molar-refractivity contribution in [2.45, 2.75) is 67.0 Å². The summed E-state index contributed by atoms with van der Waals surface area (Å²) in [5, 5.41) is 3.12. The zero-order valence-corrected chi connectivity index (χ0v) is 17.1. The maximum atomic E-state index is 12.8. The van der Waals surface area contributed by atoms with Crippen molar-refractivity contribution in [3.63, 3.8) is 0 Å². The van der Waals surface area contributed by atoms with E-state index in [1.807, 2.05) is 39.8 Å². The molecule has 2 rings (SSSR count). The molecule has 140 valence electrons. The van der Waals surface area contributed by atoms with Crippen LogP contribution in [0.15, 0.2) is 30.3 Å². The molecule has 0 unspecified atom stereocenters. The van der Waals surface area contributed by atoms with E-state index in [1.54, 1.807) is 0 Å². The molecule has 26 heavy (non-hydrogen) atoms. The molecule has 2 atom stereocenters. The number of aryl methyl sites for hydroxylation is 5. The van der Waals surface area contributed by atoms with E-state index < -0.39 is 6.10 Å². The van der Waals surface area contributed by atoms with Crippen LogP contribution in [-0.2, 0) is 4.79 Å².